The minimum atomic E-state index is 0.383. The number of likely N-dealkylation sites (N-methyl/N-ethyl adjacent to an activating group) is 2. The van der Waals surface area contributed by atoms with Gasteiger partial charge in [-0.1, -0.05) is 20.8 Å². The van der Waals surface area contributed by atoms with Crippen LogP contribution in [0.25, 0.3) is 0 Å². The van der Waals surface area contributed by atoms with Gasteiger partial charge >= 0.3 is 0 Å². The second-order valence-corrected chi connectivity index (χ2v) is 6.68. The van der Waals surface area contributed by atoms with Crippen LogP contribution in [0, 0.1) is 5.41 Å². The molecule has 1 saturated heterocycles. The fourth-order valence-electron chi connectivity index (χ4n) is 2.45. The summed E-state index contributed by atoms with van der Waals surface area (Å²) in [5.41, 5.74) is 3.41. The maximum Gasteiger partial charge on any atom is 0.0387 e. The van der Waals surface area contributed by atoms with Crippen molar-refractivity contribution < 1.29 is 0 Å². The summed E-state index contributed by atoms with van der Waals surface area (Å²) in [6.45, 7) is 10.3. The van der Waals surface area contributed by atoms with Gasteiger partial charge in [-0.15, -0.1) is 0 Å². The summed E-state index contributed by atoms with van der Waals surface area (Å²) in [5.74, 6) is 5.75. The van der Waals surface area contributed by atoms with Gasteiger partial charge in [0.25, 0.3) is 0 Å². The topological polar surface area (TPSA) is 44.5 Å². The third kappa shape index (κ3) is 4.92. The van der Waals surface area contributed by atoms with Gasteiger partial charge in [0.05, 0.1) is 0 Å². The molecule has 0 saturated carbocycles. The average molecular weight is 242 g/mol. The summed E-state index contributed by atoms with van der Waals surface area (Å²) in [7, 11) is 4.40. The van der Waals surface area contributed by atoms with Gasteiger partial charge in [0, 0.05) is 31.7 Å². The van der Waals surface area contributed by atoms with Crippen molar-refractivity contribution in [3.05, 3.63) is 0 Å². The third-order valence-corrected chi connectivity index (χ3v) is 3.78. The molecular weight excluding hydrogens is 212 g/mol. The zero-order valence-corrected chi connectivity index (χ0v) is 12.2. The van der Waals surface area contributed by atoms with Crippen LogP contribution in [0.3, 0.4) is 0 Å². The molecule has 0 aromatic carbocycles. The molecule has 1 heterocycles. The largest absolute Gasteiger partial charge is 0.303 e. The van der Waals surface area contributed by atoms with E-state index in [1.807, 2.05) is 0 Å². The molecule has 1 aliphatic heterocycles. The first kappa shape index (κ1) is 14.9. The van der Waals surface area contributed by atoms with Crippen molar-refractivity contribution >= 4 is 0 Å². The van der Waals surface area contributed by atoms with E-state index in [0.717, 1.165) is 26.1 Å². The minimum absolute atomic E-state index is 0.383. The van der Waals surface area contributed by atoms with E-state index in [0.29, 0.717) is 17.5 Å². The molecule has 2 unspecified atom stereocenters. The first-order chi connectivity index (χ1) is 7.83. The van der Waals surface area contributed by atoms with Gasteiger partial charge in [-0.05, 0) is 32.4 Å². The lowest BCUT2D eigenvalue weighted by molar-refractivity contribution is 0.0817. The summed E-state index contributed by atoms with van der Waals surface area (Å²) >= 11 is 0. The first-order valence-corrected chi connectivity index (χ1v) is 6.68. The number of hydrogen-bond acceptors (Lipinski definition) is 4. The standard InChI is InChI=1S/C13H30N4/c1-13(2,3)7-6-11(15-14)12-10-16(4)8-9-17(12)5/h11-12,15H,6-10,14H2,1-5H3. The highest BCUT2D eigenvalue weighted by atomic mass is 15.3. The minimum Gasteiger partial charge on any atom is -0.303 e. The highest BCUT2D eigenvalue weighted by Crippen LogP contribution is 2.23. The Morgan fingerprint density at radius 1 is 1.29 bits per heavy atom. The third-order valence-electron chi connectivity index (χ3n) is 3.78. The molecule has 4 nitrogen and oxygen atoms in total. The predicted octanol–water partition coefficient (Wildman–Crippen LogP) is 0.890. The molecule has 3 N–H and O–H groups in total. The van der Waals surface area contributed by atoms with E-state index in [4.69, 9.17) is 5.84 Å². The van der Waals surface area contributed by atoms with Crippen molar-refractivity contribution in [3.8, 4) is 0 Å². The molecule has 0 spiro atoms. The summed E-state index contributed by atoms with van der Waals surface area (Å²) in [4.78, 5) is 4.83. The molecular formula is C13H30N4. The van der Waals surface area contributed by atoms with Crippen LogP contribution in [0.15, 0.2) is 0 Å². The quantitative estimate of drug-likeness (QED) is 0.568. The molecule has 1 rings (SSSR count). The fraction of sp³-hybridized carbons (Fsp3) is 1.00. The Bertz CT molecular complexity index is 224. The number of hydrogen-bond donors (Lipinski definition) is 2. The summed E-state index contributed by atoms with van der Waals surface area (Å²) in [6, 6.07) is 0.920. The van der Waals surface area contributed by atoms with Crippen LogP contribution in [-0.2, 0) is 0 Å². The van der Waals surface area contributed by atoms with Crippen molar-refractivity contribution in [2.75, 3.05) is 33.7 Å². The van der Waals surface area contributed by atoms with Crippen LogP contribution in [-0.4, -0.2) is 55.6 Å². The second-order valence-electron chi connectivity index (χ2n) is 6.68. The maximum absolute atomic E-state index is 5.75. The molecule has 4 heteroatoms. The lowest BCUT2D eigenvalue weighted by Gasteiger charge is -2.42. The molecule has 0 aliphatic carbocycles. The summed E-state index contributed by atoms with van der Waals surface area (Å²) < 4.78 is 0. The van der Waals surface area contributed by atoms with Crippen LogP contribution in [0.1, 0.15) is 33.6 Å². The van der Waals surface area contributed by atoms with Crippen LogP contribution in [0.5, 0.6) is 0 Å². The maximum atomic E-state index is 5.75. The van der Waals surface area contributed by atoms with E-state index >= 15 is 0 Å². The first-order valence-electron chi connectivity index (χ1n) is 6.68. The van der Waals surface area contributed by atoms with Crippen LogP contribution in [0.2, 0.25) is 0 Å². The van der Waals surface area contributed by atoms with Crippen molar-refractivity contribution in [1.82, 2.24) is 15.2 Å². The molecule has 0 amide bonds. The monoisotopic (exact) mass is 242 g/mol. The molecule has 1 aliphatic rings. The van der Waals surface area contributed by atoms with Crippen LogP contribution >= 0.6 is 0 Å². The average Bonchev–Trinajstić information content (AvgIpc) is 2.22. The lowest BCUT2D eigenvalue weighted by atomic mass is 9.86. The van der Waals surface area contributed by atoms with E-state index in [9.17, 15) is 0 Å². The predicted molar refractivity (Wildman–Crippen MR) is 73.7 cm³/mol. The Morgan fingerprint density at radius 3 is 2.47 bits per heavy atom. The molecule has 2 atom stereocenters. The van der Waals surface area contributed by atoms with Gasteiger partial charge < -0.3 is 4.90 Å². The summed E-state index contributed by atoms with van der Waals surface area (Å²) in [5, 5.41) is 0. The van der Waals surface area contributed by atoms with Crippen molar-refractivity contribution in [2.45, 2.75) is 45.7 Å². The van der Waals surface area contributed by atoms with Crippen LogP contribution < -0.4 is 11.3 Å². The Balaban J connectivity index is 2.53. The van der Waals surface area contributed by atoms with E-state index in [-0.39, 0.29) is 0 Å². The Hall–Kier alpha value is -0.160. The van der Waals surface area contributed by atoms with Gasteiger partial charge in [0.1, 0.15) is 0 Å². The molecule has 0 aromatic heterocycles. The van der Waals surface area contributed by atoms with Crippen molar-refractivity contribution in [2.24, 2.45) is 11.3 Å². The van der Waals surface area contributed by atoms with E-state index in [1.165, 1.54) is 6.42 Å². The summed E-state index contributed by atoms with van der Waals surface area (Å²) in [6.07, 6.45) is 2.35. The smallest absolute Gasteiger partial charge is 0.0387 e. The number of piperazine rings is 1. The van der Waals surface area contributed by atoms with Gasteiger partial charge in [-0.25, -0.2) is 0 Å². The van der Waals surface area contributed by atoms with E-state index in [1.54, 1.807) is 0 Å². The molecule has 0 aromatic rings. The fourth-order valence-corrected chi connectivity index (χ4v) is 2.45. The highest BCUT2D eigenvalue weighted by molar-refractivity contribution is 4.88. The molecule has 1 fully saturated rings. The Kier molecular flexibility index (Phi) is 5.38. The van der Waals surface area contributed by atoms with E-state index in [2.05, 4.69) is 50.1 Å². The van der Waals surface area contributed by atoms with Gasteiger partial charge in [-0.2, -0.15) is 0 Å². The number of nitrogens with two attached hydrogens (primary N) is 1. The number of nitrogens with one attached hydrogen (secondary N) is 1. The van der Waals surface area contributed by atoms with Crippen molar-refractivity contribution in [1.29, 1.82) is 0 Å². The van der Waals surface area contributed by atoms with Crippen LogP contribution in [0.4, 0.5) is 0 Å². The Morgan fingerprint density at radius 2 is 1.94 bits per heavy atom. The number of hydrazine groups is 1. The normalized spacial score (nSPS) is 26.1. The highest BCUT2D eigenvalue weighted by Gasteiger charge is 2.29. The molecule has 0 bridgehead atoms. The number of nitrogens with zero attached hydrogens (tertiary/aromatic N) is 2. The molecule has 102 valence electrons. The lowest BCUT2D eigenvalue weighted by Crippen LogP contribution is -2.60. The number of rotatable bonds is 4. The van der Waals surface area contributed by atoms with Gasteiger partial charge in [0.2, 0.25) is 0 Å². The van der Waals surface area contributed by atoms with Crippen molar-refractivity contribution in [3.63, 3.8) is 0 Å². The zero-order chi connectivity index (χ0) is 13.1. The molecule has 17 heavy (non-hydrogen) atoms. The SMILES string of the molecule is CN1CCN(C)C(C(CCC(C)(C)C)NN)C1. The molecule has 0 radical (unpaired) electrons. The van der Waals surface area contributed by atoms with E-state index < -0.39 is 0 Å². The zero-order valence-electron chi connectivity index (χ0n) is 12.2. The van der Waals surface area contributed by atoms with Gasteiger partial charge in [0.15, 0.2) is 0 Å². The Labute approximate surface area is 106 Å². The second kappa shape index (κ2) is 6.14. The van der Waals surface area contributed by atoms with Gasteiger partial charge in [-0.3, -0.25) is 16.2 Å².